The molecule has 1 aliphatic heterocycles. The summed E-state index contributed by atoms with van der Waals surface area (Å²) in [6, 6.07) is 12.9. The Morgan fingerprint density at radius 3 is 2.17 bits per heavy atom. The number of para-hydroxylation sites is 2. The molecule has 0 aliphatic carbocycles. The fourth-order valence-corrected chi connectivity index (χ4v) is 4.27. The topological polar surface area (TPSA) is 66.6 Å². The van der Waals surface area contributed by atoms with Crippen LogP contribution in [-0.2, 0) is 10.0 Å². The first-order chi connectivity index (χ1) is 11.0. The van der Waals surface area contributed by atoms with E-state index in [4.69, 9.17) is 5.73 Å². The van der Waals surface area contributed by atoms with Gasteiger partial charge in [0, 0.05) is 26.2 Å². The van der Waals surface area contributed by atoms with Crippen molar-refractivity contribution < 1.29 is 12.8 Å². The van der Waals surface area contributed by atoms with Gasteiger partial charge in [0.15, 0.2) is 0 Å². The van der Waals surface area contributed by atoms with E-state index in [1.807, 2.05) is 4.90 Å². The predicted octanol–water partition coefficient (Wildman–Crippen LogP) is 1.92. The van der Waals surface area contributed by atoms with Crippen LogP contribution in [0.4, 0.5) is 15.8 Å². The van der Waals surface area contributed by atoms with Crippen molar-refractivity contribution in [3.05, 3.63) is 54.3 Å². The van der Waals surface area contributed by atoms with E-state index in [1.165, 1.54) is 16.4 Å². The van der Waals surface area contributed by atoms with Crippen LogP contribution < -0.4 is 10.6 Å². The highest BCUT2D eigenvalue weighted by Crippen LogP contribution is 2.25. The van der Waals surface area contributed by atoms with Crippen LogP contribution >= 0.6 is 0 Å². The molecule has 122 valence electrons. The third-order valence-electron chi connectivity index (χ3n) is 3.97. The molecule has 1 aliphatic rings. The molecule has 23 heavy (non-hydrogen) atoms. The van der Waals surface area contributed by atoms with Crippen molar-refractivity contribution in [2.24, 2.45) is 0 Å². The van der Waals surface area contributed by atoms with Gasteiger partial charge in [-0.3, -0.25) is 0 Å². The van der Waals surface area contributed by atoms with Crippen LogP contribution in [0.15, 0.2) is 53.4 Å². The number of sulfonamides is 1. The molecule has 0 amide bonds. The molecule has 5 nitrogen and oxygen atoms in total. The summed E-state index contributed by atoms with van der Waals surface area (Å²) in [6.07, 6.45) is 0. The van der Waals surface area contributed by atoms with Gasteiger partial charge in [0.2, 0.25) is 10.0 Å². The smallest absolute Gasteiger partial charge is 0.245 e. The van der Waals surface area contributed by atoms with Crippen molar-refractivity contribution in [3.63, 3.8) is 0 Å². The number of nitrogens with two attached hydrogens (primary N) is 1. The molecule has 2 aromatic carbocycles. The Balaban J connectivity index is 1.77. The molecule has 2 aromatic rings. The number of nitrogens with zero attached hydrogens (tertiary/aromatic N) is 2. The van der Waals surface area contributed by atoms with Crippen LogP contribution in [0.25, 0.3) is 0 Å². The quantitative estimate of drug-likeness (QED) is 0.870. The third kappa shape index (κ3) is 3.02. The van der Waals surface area contributed by atoms with Gasteiger partial charge < -0.3 is 10.6 Å². The van der Waals surface area contributed by atoms with Crippen molar-refractivity contribution in [2.75, 3.05) is 36.8 Å². The Morgan fingerprint density at radius 1 is 0.913 bits per heavy atom. The Bertz CT molecular complexity index is 802. The number of piperazine rings is 1. The van der Waals surface area contributed by atoms with Crippen LogP contribution in [0.5, 0.6) is 0 Å². The second-order valence-electron chi connectivity index (χ2n) is 5.38. The van der Waals surface area contributed by atoms with E-state index >= 15 is 0 Å². The van der Waals surface area contributed by atoms with Gasteiger partial charge >= 0.3 is 0 Å². The highest BCUT2D eigenvalue weighted by atomic mass is 32.2. The maximum Gasteiger partial charge on any atom is 0.245 e. The van der Waals surface area contributed by atoms with Crippen molar-refractivity contribution in [1.29, 1.82) is 0 Å². The fourth-order valence-electron chi connectivity index (χ4n) is 2.73. The number of nitrogen functional groups attached to an aromatic ring is 1. The molecule has 1 heterocycles. The molecule has 0 unspecified atom stereocenters. The fraction of sp³-hybridized carbons (Fsp3) is 0.250. The van der Waals surface area contributed by atoms with Gasteiger partial charge in [-0.2, -0.15) is 4.31 Å². The van der Waals surface area contributed by atoms with Gasteiger partial charge in [0.05, 0.1) is 11.4 Å². The minimum atomic E-state index is -3.62. The Labute approximate surface area is 135 Å². The lowest BCUT2D eigenvalue weighted by Crippen LogP contribution is -2.49. The Kier molecular flexibility index (Phi) is 4.23. The molecule has 7 heteroatoms. The third-order valence-corrected chi connectivity index (χ3v) is 5.94. The van der Waals surface area contributed by atoms with E-state index in [0.29, 0.717) is 31.9 Å². The molecular formula is C16H18FN3O2S. The van der Waals surface area contributed by atoms with Crippen LogP contribution in [0.2, 0.25) is 0 Å². The highest BCUT2D eigenvalue weighted by Gasteiger charge is 2.30. The number of hydrogen-bond donors (Lipinski definition) is 1. The Morgan fingerprint density at radius 2 is 1.52 bits per heavy atom. The molecule has 1 saturated heterocycles. The van der Waals surface area contributed by atoms with Gasteiger partial charge in [0.1, 0.15) is 10.7 Å². The van der Waals surface area contributed by atoms with Crippen molar-refractivity contribution in [3.8, 4) is 0 Å². The second-order valence-corrected chi connectivity index (χ2v) is 7.29. The maximum atomic E-state index is 13.8. The molecule has 0 aromatic heterocycles. The molecule has 1 fully saturated rings. The number of anilines is 2. The van der Waals surface area contributed by atoms with E-state index in [-0.39, 0.29) is 16.4 Å². The minimum Gasteiger partial charge on any atom is -0.398 e. The normalized spacial score (nSPS) is 16.5. The van der Waals surface area contributed by atoms with Gasteiger partial charge in [-0.25, -0.2) is 12.8 Å². The lowest BCUT2D eigenvalue weighted by atomic mass is 10.2. The molecule has 0 spiro atoms. The number of halogens is 1. The molecular weight excluding hydrogens is 317 g/mol. The van der Waals surface area contributed by atoms with Crippen molar-refractivity contribution >= 4 is 21.4 Å². The monoisotopic (exact) mass is 335 g/mol. The SMILES string of the molecule is Nc1ccccc1S(=O)(=O)N1CCN(c2ccccc2F)CC1. The zero-order valence-electron chi connectivity index (χ0n) is 12.5. The van der Waals surface area contributed by atoms with E-state index in [9.17, 15) is 12.8 Å². The summed E-state index contributed by atoms with van der Waals surface area (Å²) in [4.78, 5) is 1.98. The molecule has 0 saturated carbocycles. The predicted molar refractivity (Wildman–Crippen MR) is 88.2 cm³/mol. The van der Waals surface area contributed by atoms with E-state index in [0.717, 1.165) is 0 Å². The van der Waals surface area contributed by atoms with Crippen LogP contribution in [0.3, 0.4) is 0 Å². The summed E-state index contributed by atoms with van der Waals surface area (Å²) in [5.74, 6) is -0.295. The molecule has 0 bridgehead atoms. The molecule has 0 atom stereocenters. The maximum absolute atomic E-state index is 13.8. The van der Waals surface area contributed by atoms with Crippen LogP contribution in [0, 0.1) is 5.82 Å². The van der Waals surface area contributed by atoms with Crippen LogP contribution in [0.1, 0.15) is 0 Å². The lowest BCUT2D eigenvalue weighted by molar-refractivity contribution is 0.383. The summed E-state index contributed by atoms with van der Waals surface area (Å²) in [6.45, 7) is 1.47. The van der Waals surface area contributed by atoms with E-state index in [2.05, 4.69) is 0 Å². The van der Waals surface area contributed by atoms with Gasteiger partial charge in [-0.05, 0) is 24.3 Å². The van der Waals surface area contributed by atoms with Crippen molar-refractivity contribution in [2.45, 2.75) is 4.90 Å². The van der Waals surface area contributed by atoms with Gasteiger partial charge in [-0.1, -0.05) is 24.3 Å². The van der Waals surface area contributed by atoms with Gasteiger partial charge in [-0.15, -0.1) is 0 Å². The average Bonchev–Trinajstić information content (AvgIpc) is 2.56. The average molecular weight is 335 g/mol. The van der Waals surface area contributed by atoms with E-state index in [1.54, 1.807) is 36.4 Å². The Hall–Kier alpha value is -2.12. The van der Waals surface area contributed by atoms with E-state index < -0.39 is 10.0 Å². The number of benzene rings is 2. The summed E-state index contributed by atoms with van der Waals surface area (Å²) in [5, 5.41) is 0. The number of rotatable bonds is 3. The highest BCUT2D eigenvalue weighted by molar-refractivity contribution is 7.89. The first-order valence-corrected chi connectivity index (χ1v) is 8.78. The summed E-state index contributed by atoms with van der Waals surface area (Å²) >= 11 is 0. The standard InChI is InChI=1S/C16H18FN3O2S/c17-13-5-1-3-7-15(13)19-9-11-20(12-10-19)23(21,22)16-8-4-2-6-14(16)18/h1-8H,9-12,18H2. The molecule has 2 N–H and O–H groups in total. The molecule has 3 rings (SSSR count). The zero-order chi connectivity index (χ0) is 16.4. The van der Waals surface area contributed by atoms with Crippen molar-refractivity contribution in [1.82, 2.24) is 4.31 Å². The number of hydrogen-bond acceptors (Lipinski definition) is 4. The minimum absolute atomic E-state index is 0.124. The largest absolute Gasteiger partial charge is 0.398 e. The lowest BCUT2D eigenvalue weighted by Gasteiger charge is -2.35. The zero-order valence-corrected chi connectivity index (χ0v) is 13.3. The summed E-state index contributed by atoms with van der Waals surface area (Å²) in [7, 11) is -3.62. The summed E-state index contributed by atoms with van der Waals surface area (Å²) < 4.78 is 40.6. The summed E-state index contributed by atoms with van der Waals surface area (Å²) in [5.41, 5.74) is 6.53. The van der Waals surface area contributed by atoms with Crippen LogP contribution in [-0.4, -0.2) is 38.9 Å². The molecule has 0 radical (unpaired) electrons. The first kappa shape index (κ1) is 15.8. The van der Waals surface area contributed by atoms with Gasteiger partial charge in [0.25, 0.3) is 0 Å². The first-order valence-electron chi connectivity index (χ1n) is 7.34. The second kappa shape index (κ2) is 6.17.